The van der Waals surface area contributed by atoms with Gasteiger partial charge in [-0.05, 0) is 0 Å². The van der Waals surface area contributed by atoms with Gasteiger partial charge in [0.1, 0.15) is 0 Å². The summed E-state index contributed by atoms with van der Waals surface area (Å²) in [5.41, 5.74) is 0. The zero-order valence-electron chi connectivity index (χ0n) is 8.27. The molecule has 0 spiro atoms. The van der Waals surface area contributed by atoms with Crippen LogP contribution in [-0.2, 0) is 0 Å². The van der Waals surface area contributed by atoms with Gasteiger partial charge in [-0.3, -0.25) is 0 Å². The van der Waals surface area contributed by atoms with E-state index < -0.39 is 0 Å². The molecule has 12 heavy (non-hydrogen) atoms. The smallest absolute Gasteiger partial charge is 0.0467 e. The Morgan fingerprint density at radius 3 is 0.167 bits per heavy atom. The minimum Gasteiger partial charge on any atom is -1.00 e. The Labute approximate surface area is 119 Å². The van der Waals surface area contributed by atoms with Crippen molar-refractivity contribution in [3.05, 3.63) is 44.6 Å². The summed E-state index contributed by atoms with van der Waals surface area (Å²) < 4.78 is 0. The highest BCUT2D eigenvalue weighted by Gasteiger charge is 0.0517. The maximum atomic E-state index is 0. The highest BCUT2D eigenvalue weighted by atomic mass is 35.5. The van der Waals surface area contributed by atoms with Crippen molar-refractivity contribution in [2.24, 2.45) is 0 Å². The van der Waals surface area contributed by atoms with Crippen molar-refractivity contribution in [2.75, 3.05) is 0 Å². The van der Waals surface area contributed by atoms with E-state index in [1.54, 1.807) is 0 Å². The number of hydrogen-bond acceptors (Lipinski definition) is 0. The molecule has 0 nitrogen and oxygen atoms in total. The molecule has 0 rings (SSSR count). The van der Waals surface area contributed by atoms with Gasteiger partial charge in [0.25, 0.3) is 0 Å². The molecule has 0 saturated heterocycles. The SMILES string of the molecule is [CH3+].[CH3+].[CH3+].[CH3+].[CH3+].[CH3+].[Cl-].[Cl-].[Cl-].[Cl-].[Cl-].[Cl-]. The van der Waals surface area contributed by atoms with Crippen molar-refractivity contribution in [3.8, 4) is 0 Å². The Balaban J connectivity index is 0. The van der Waals surface area contributed by atoms with Gasteiger partial charge in [0.15, 0.2) is 0 Å². The average Bonchev–Trinajstić information content (AvgIpc) is 0. The Morgan fingerprint density at radius 2 is 0.167 bits per heavy atom. The summed E-state index contributed by atoms with van der Waals surface area (Å²) in [7, 11) is 0. The Bertz CT molecular complexity index is 12.0. The molecule has 0 fully saturated rings. The molecule has 0 aliphatic carbocycles. The van der Waals surface area contributed by atoms with Gasteiger partial charge in [-0.15, -0.1) is 0 Å². The predicted octanol–water partition coefficient (Wildman–Crippen LogP) is -15.3. The fourth-order valence-electron chi connectivity index (χ4n) is 0. The van der Waals surface area contributed by atoms with Crippen LogP contribution in [0.25, 0.3) is 0 Å². The van der Waals surface area contributed by atoms with Crippen LogP contribution in [0.1, 0.15) is 0 Å². The van der Waals surface area contributed by atoms with Crippen molar-refractivity contribution in [1.82, 2.24) is 0 Å². The first-order valence-corrected chi connectivity index (χ1v) is 0. The molecule has 0 radical (unpaired) electrons. The van der Waals surface area contributed by atoms with Crippen LogP contribution in [0.5, 0.6) is 0 Å². The third-order valence-electron chi connectivity index (χ3n) is 0. The second-order valence-electron chi connectivity index (χ2n) is 0. The van der Waals surface area contributed by atoms with Gasteiger partial charge in [-0.25, -0.2) is 0 Å². The van der Waals surface area contributed by atoms with Gasteiger partial charge in [0, 0.05) is 44.6 Å². The minimum atomic E-state index is 0. The molecular formula is C6H18Cl6. The first-order chi connectivity index (χ1) is 0. The monoisotopic (exact) mass is 300 g/mol. The fraction of sp³-hybridized carbons (Fsp3) is 0. The molecule has 0 aromatic heterocycles. The quantitative estimate of drug-likeness (QED) is 0.390. The molecule has 0 aromatic carbocycles. The molecule has 0 saturated carbocycles. The summed E-state index contributed by atoms with van der Waals surface area (Å²) in [6, 6.07) is 0. The van der Waals surface area contributed by atoms with E-state index >= 15 is 0 Å². The van der Waals surface area contributed by atoms with Gasteiger partial charge in [-0.1, -0.05) is 0 Å². The Hall–Kier alpha value is 0.960. The number of hydrogen-bond donors (Lipinski definition) is 0. The zero-order valence-corrected chi connectivity index (χ0v) is 12.8. The third kappa shape index (κ3) is 1180. The van der Waals surface area contributed by atoms with Gasteiger partial charge in [0.2, 0.25) is 0 Å². The molecule has 0 amide bonds. The number of halogens is 6. The molecule has 0 unspecified atom stereocenters. The maximum Gasteiger partial charge on any atom is 0.0467 e. The second kappa shape index (κ2) is 1560. The normalized spacial score (nSPS) is 0. The largest absolute Gasteiger partial charge is 1.00 e. The lowest BCUT2D eigenvalue weighted by molar-refractivity contribution is -0.00100. The molecule has 6 heteroatoms. The van der Waals surface area contributed by atoms with Crippen LogP contribution in [-0.4, -0.2) is 0 Å². The molecule has 0 aromatic rings. The van der Waals surface area contributed by atoms with Crippen LogP contribution in [0.3, 0.4) is 0 Å². The number of rotatable bonds is 0. The van der Waals surface area contributed by atoms with Crippen molar-refractivity contribution >= 4 is 0 Å². The zero-order chi connectivity index (χ0) is 0. The predicted molar refractivity (Wildman–Crippen MR) is 38.5 cm³/mol. The van der Waals surface area contributed by atoms with Crippen molar-refractivity contribution in [1.29, 1.82) is 0 Å². The highest BCUT2D eigenvalue weighted by Crippen LogP contribution is 0.0863. The fourth-order valence-corrected chi connectivity index (χ4v) is 0. The Morgan fingerprint density at radius 1 is 0.167 bits per heavy atom. The van der Waals surface area contributed by atoms with E-state index in [2.05, 4.69) is 0 Å². The van der Waals surface area contributed by atoms with E-state index in [9.17, 15) is 0 Å². The van der Waals surface area contributed by atoms with Gasteiger partial charge in [-0.2, -0.15) is 0 Å². The van der Waals surface area contributed by atoms with E-state index in [0.29, 0.717) is 0 Å². The molecule has 0 atom stereocenters. The molecule has 84 valence electrons. The third-order valence-corrected chi connectivity index (χ3v) is 0. The molecule has 0 N–H and O–H groups in total. The summed E-state index contributed by atoms with van der Waals surface area (Å²) in [5, 5.41) is 0. The molecule has 0 bridgehead atoms. The first-order valence-electron chi connectivity index (χ1n) is 0. The molecule has 0 heterocycles. The van der Waals surface area contributed by atoms with Crippen molar-refractivity contribution in [2.45, 2.75) is 0 Å². The van der Waals surface area contributed by atoms with E-state index in [-0.39, 0.29) is 119 Å². The maximum absolute atomic E-state index is 0. The van der Waals surface area contributed by atoms with Crippen LogP contribution in [0.15, 0.2) is 0 Å². The van der Waals surface area contributed by atoms with Crippen molar-refractivity contribution < 1.29 is 74.4 Å². The summed E-state index contributed by atoms with van der Waals surface area (Å²) in [4.78, 5) is 0. The van der Waals surface area contributed by atoms with E-state index in [1.807, 2.05) is 0 Å². The van der Waals surface area contributed by atoms with Crippen LogP contribution < -0.4 is 74.4 Å². The lowest BCUT2D eigenvalue weighted by Gasteiger charge is -1.00. The topological polar surface area (TPSA) is 0 Å². The van der Waals surface area contributed by atoms with Crippen LogP contribution >= 0.6 is 0 Å². The minimum absolute atomic E-state index is 0. The van der Waals surface area contributed by atoms with Crippen molar-refractivity contribution in [3.63, 3.8) is 0 Å². The van der Waals surface area contributed by atoms with E-state index in [1.165, 1.54) is 0 Å². The summed E-state index contributed by atoms with van der Waals surface area (Å²) >= 11 is 0. The van der Waals surface area contributed by atoms with Gasteiger partial charge < -0.3 is 74.4 Å². The Kier molecular flexibility index (Phi) is 261000. The lowest BCUT2D eigenvalue weighted by atomic mass is 12.0. The van der Waals surface area contributed by atoms with Crippen LogP contribution in [0.2, 0.25) is 0 Å². The van der Waals surface area contributed by atoms with Crippen LogP contribution in [0.4, 0.5) is 0 Å². The summed E-state index contributed by atoms with van der Waals surface area (Å²) in [6.07, 6.45) is 0. The van der Waals surface area contributed by atoms with Gasteiger partial charge in [0.05, 0.1) is 0 Å². The van der Waals surface area contributed by atoms with Crippen LogP contribution in [0, 0.1) is 44.6 Å². The first kappa shape index (κ1) is 2010. The summed E-state index contributed by atoms with van der Waals surface area (Å²) in [6.45, 7) is 0. The highest BCUT2D eigenvalue weighted by molar-refractivity contribution is 3.25. The molecule has 0 aliphatic rings. The summed E-state index contributed by atoms with van der Waals surface area (Å²) in [5.74, 6) is 0. The van der Waals surface area contributed by atoms with E-state index in [0.717, 1.165) is 0 Å². The standard InChI is InChI=1S/6CH3.6ClH/h6*1H3;6*1H/q6*+1;;;;;;/p-6. The lowest BCUT2D eigenvalue weighted by Crippen LogP contribution is -3.00. The molecular weight excluding hydrogens is 285 g/mol. The van der Waals surface area contributed by atoms with E-state index in [4.69, 9.17) is 0 Å². The second-order valence-corrected chi connectivity index (χ2v) is 0. The van der Waals surface area contributed by atoms with Gasteiger partial charge >= 0.3 is 0 Å². The average molecular weight is 303 g/mol. The molecule has 0 aliphatic heterocycles.